The van der Waals surface area contributed by atoms with Crippen LogP contribution in [0.4, 0.5) is 11.5 Å². The molecule has 0 saturated carbocycles. The number of nitriles is 1. The average Bonchev–Trinajstić information content (AvgIpc) is 2.45. The highest BCUT2D eigenvalue weighted by Crippen LogP contribution is 2.18. The van der Waals surface area contributed by atoms with E-state index >= 15 is 0 Å². The topological polar surface area (TPSA) is 104 Å². The molecule has 0 bridgehead atoms. The number of nitro groups is 1. The van der Waals surface area contributed by atoms with Gasteiger partial charge in [0.25, 0.3) is 0 Å². The molecular weight excluding hydrogens is 246 g/mol. The standard InChI is InChI=1S/C12H15N5O2/c13-7-10-11(17(18)19)4-5-12(16-10)15-8-9-3-1-2-6-14-9/h4-5,9,14H,1-3,6,8H2,(H,15,16). The average molecular weight is 261 g/mol. The summed E-state index contributed by atoms with van der Waals surface area (Å²) in [6.45, 7) is 1.72. The zero-order valence-electron chi connectivity index (χ0n) is 10.4. The number of anilines is 1. The summed E-state index contributed by atoms with van der Waals surface area (Å²) in [5.74, 6) is 0.495. The van der Waals surface area contributed by atoms with Gasteiger partial charge in [0.05, 0.1) is 4.92 Å². The van der Waals surface area contributed by atoms with E-state index in [2.05, 4.69) is 15.6 Å². The molecule has 2 heterocycles. The highest BCUT2D eigenvalue weighted by atomic mass is 16.6. The van der Waals surface area contributed by atoms with Crippen LogP contribution in [-0.4, -0.2) is 29.0 Å². The smallest absolute Gasteiger partial charge is 0.305 e. The molecule has 100 valence electrons. The van der Waals surface area contributed by atoms with Crippen LogP contribution in [0, 0.1) is 21.4 Å². The van der Waals surface area contributed by atoms with Gasteiger partial charge in [0, 0.05) is 18.7 Å². The van der Waals surface area contributed by atoms with Gasteiger partial charge in [0.15, 0.2) is 0 Å². The molecule has 2 N–H and O–H groups in total. The summed E-state index contributed by atoms with van der Waals surface area (Å²) in [5, 5.41) is 26.0. The fraction of sp³-hybridized carbons (Fsp3) is 0.500. The van der Waals surface area contributed by atoms with Gasteiger partial charge in [0.2, 0.25) is 5.69 Å². The lowest BCUT2D eigenvalue weighted by atomic mass is 10.1. The second-order valence-corrected chi connectivity index (χ2v) is 4.46. The van der Waals surface area contributed by atoms with Crippen LogP contribution in [0.15, 0.2) is 12.1 Å². The van der Waals surface area contributed by atoms with Gasteiger partial charge in [0.1, 0.15) is 11.9 Å². The molecule has 1 saturated heterocycles. The van der Waals surface area contributed by atoms with Crippen molar-refractivity contribution in [2.24, 2.45) is 0 Å². The molecule has 19 heavy (non-hydrogen) atoms. The predicted molar refractivity (Wildman–Crippen MR) is 69.7 cm³/mol. The van der Waals surface area contributed by atoms with E-state index in [9.17, 15) is 10.1 Å². The van der Waals surface area contributed by atoms with Crippen molar-refractivity contribution in [1.82, 2.24) is 10.3 Å². The molecule has 0 radical (unpaired) electrons. The van der Waals surface area contributed by atoms with Crippen molar-refractivity contribution in [3.63, 3.8) is 0 Å². The van der Waals surface area contributed by atoms with E-state index in [1.54, 1.807) is 6.07 Å². The van der Waals surface area contributed by atoms with Crippen molar-refractivity contribution >= 4 is 11.5 Å². The minimum absolute atomic E-state index is 0.161. The number of piperidine rings is 1. The number of nitrogens with zero attached hydrogens (tertiary/aromatic N) is 3. The Morgan fingerprint density at radius 2 is 2.42 bits per heavy atom. The van der Waals surface area contributed by atoms with E-state index in [1.807, 2.05) is 0 Å². The van der Waals surface area contributed by atoms with Crippen LogP contribution in [0.3, 0.4) is 0 Å². The highest BCUT2D eigenvalue weighted by molar-refractivity contribution is 5.50. The van der Waals surface area contributed by atoms with Crippen molar-refractivity contribution in [3.05, 3.63) is 27.9 Å². The van der Waals surface area contributed by atoms with E-state index in [-0.39, 0.29) is 11.4 Å². The van der Waals surface area contributed by atoms with Gasteiger partial charge in [-0.15, -0.1) is 0 Å². The number of aromatic nitrogens is 1. The summed E-state index contributed by atoms with van der Waals surface area (Å²) in [5.41, 5.74) is -0.421. The Morgan fingerprint density at radius 1 is 1.58 bits per heavy atom. The maximum Gasteiger partial charge on any atom is 0.305 e. The Kier molecular flexibility index (Phi) is 4.26. The summed E-state index contributed by atoms with van der Waals surface area (Å²) in [7, 11) is 0. The molecule has 1 aromatic heterocycles. The van der Waals surface area contributed by atoms with E-state index in [4.69, 9.17) is 5.26 Å². The van der Waals surface area contributed by atoms with Crippen molar-refractivity contribution in [2.75, 3.05) is 18.4 Å². The fourth-order valence-corrected chi connectivity index (χ4v) is 2.11. The third-order valence-corrected chi connectivity index (χ3v) is 3.12. The maximum absolute atomic E-state index is 10.7. The summed E-state index contributed by atoms with van der Waals surface area (Å²) >= 11 is 0. The number of pyridine rings is 1. The van der Waals surface area contributed by atoms with Gasteiger partial charge >= 0.3 is 5.69 Å². The summed E-state index contributed by atoms with van der Waals surface area (Å²) in [6, 6.07) is 4.97. The fourth-order valence-electron chi connectivity index (χ4n) is 2.11. The molecule has 7 heteroatoms. The van der Waals surface area contributed by atoms with Gasteiger partial charge in [-0.05, 0) is 25.5 Å². The van der Waals surface area contributed by atoms with Crippen molar-refractivity contribution in [1.29, 1.82) is 5.26 Å². The monoisotopic (exact) mass is 261 g/mol. The third-order valence-electron chi connectivity index (χ3n) is 3.12. The quantitative estimate of drug-likeness (QED) is 0.627. The lowest BCUT2D eigenvalue weighted by molar-refractivity contribution is -0.385. The molecule has 0 spiro atoms. The van der Waals surface area contributed by atoms with Crippen molar-refractivity contribution < 1.29 is 4.92 Å². The molecule has 0 amide bonds. The van der Waals surface area contributed by atoms with Gasteiger partial charge in [-0.1, -0.05) is 6.42 Å². The van der Waals surface area contributed by atoms with Gasteiger partial charge < -0.3 is 10.6 Å². The minimum atomic E-state index is -0.599. The molecule has 1 aromatic rings. The first kappa shape index (κ1) is 13.2. The molecule has 1 fully saturated rings. The van der Waals surface area contributed by atoms with Crippen LogP contribution in [-0.2, 0) is 0 Å². The normalized spacial score (nSPS) is 18.6. The first-order valence-corrected chi connectivity index (χ1v) is 6.23. The number of hydrogen-bond donors (Lipinski definition) is 2. The van der Waals surface area contributed by atoms with E-state index in [0.717, 1.165) is 13.0 Å². The van der Waals surface area contributed by atoms with Crippen LogP contribution in [0.5, 0.6) is 0 Å². The Bertz CT molecular complexity index is 505. The molecule has 1 unspecified atom stereocenters. The van der Waals surface area contributed by atoms with Gasteiger partial charge in [-0.25, -0.2) is 4.98 Å². The Hall–Kier alpha value is -2.20. The zero-order valence-corrected chi connectivity index (χ0v) is 10.4. The number of nitrogens with one attached hydrogen (secondary N) is 2. The van der Waals surface area contributed by atoms with Crippen LogP contribution < -0.4 is 10.6 Å². The lowest BCUT2D eigenvalue weighted by Gasteiger charge is -2.23. The van der Waals surface area contributed by atoms with Crippen LogP contribution >= 0.6 is 0 Å². The highest BCUT2D eigenvalue weighted by Gasteiger charge is 2.16. The Balaban J connectivity index is 2.01. The van der Waals surface area contributed by atoms with Crippen LogP contribution in [0.2, 0.25) is 0 Å². The van der Waals surface area contributed by atoms with Crippen molar-refractivity contribution in [3.8, 4) is 6.07 Å². The summed E-state index contributed by atoms with van der Waals surface area (Å²) in [6.07, 6.45) is 3.51. The van der Waals surface area contributed by atoms with Crippen LogP contribution in [0.1, 0.15) is 25.0 Å². The maximum atomic E-state index is 10.7. The van der Waals surface area contributed by atoms with Crippen LogP contribution in [0.25, 0.3) is 0 Å². The van der Waals surface area contributed by atoms with Gasteiger partial charge in [-0.2, -0.15) is 5.26 Å². The molecule has 0 aliphatic carbocycles. The van der Waals surface area contributed by atoms with E-state index < -0.39 is 4.92 Å². The SMILES string of the molecule is N#Cc1nc(NCC2CCCCN2)ccc1[N+](=O)[O-]. The molecule has 2 rings (SSSR count). The first-order valence-electron chi connectivity index (χ1n) is 6.23. The first-order chi connectivity index (χ1) is 9.20. The molecule has 1 atom stereocenters. The molecular formula is C12H15N5O2. The summed E-state index contributed by atoms with van der Waals surface area (Å²) in [4.78, 5) is 14.0. The number of hydrogen-bond acceptors (Lipinski definition) is 6. The molecule has 7 nitrogen and oxygen atoms in total. The second-order valence-electron chi connectivity index (χ2n) is 4.46. The van der Waals surface area contributed by atoms with Gasteiger partial charge in [-0.3, -0.25) is 10.1 Å². The molecule has 1 aliphatic rings. The van der Waals surface area contributed by atoms with Crippen molar-refractivity contribution in [2.45, 2.75) is 25.3 Å². The largest absolute Gasteiger partial charge is 0.368 e. The van der Waals surface area contributed by atoms with E-state index in [1.165, 1.54) is 25.0 Å². The lowest BCUT2D eigenvalue weighted by Crippen LogP contribution is -2.39. The molecule has 1 aliphatic heterocycles. The van der Waals surface area contributed by atoms with E-state index in [0.29, 0.717) is 18.4 Å². The second kappa shape index (κ2) is 6.11. The summed E-state index contributed by atoms with van der Waals surface area (Å²) < 4.78 is 0. The Morgan fingerprint density at radius 3 is 3.05 bits per heavy atom. The molecule has 0 aromatic carbocycles. The predicted octanol–water partition coefficient (Wildman–Crippen LogP) is 1.42. The zero-order chi connectivity index (χ0) is 13.7. The number of rotatable bonds is 4. The minimum Gasteiger partial charge on any atom is -0.368 e. The Labute approximate surface area is 110 Å². The third kappa shape index (κ3) is 3.39.